The van der Waals surface area contributed by atoms with Gasteiger partial charge >= 0.3 is 0 Å². The van der Waals surface area contributed by atoms with Crippen molar-refractivity contribution < 1.29 is 6.22 Å². The van der Waals surface area contributed by atoms with Crippen LogP contribution in [0.1, 0.15) is 35.9 Å². The standard InChI is InChI=1S/C20H22N4O.H2/c25-20(22-15-19-8-4-5-13-21-19)17-11-9-16(10-12-17)14-23-24-18-6-2-1-3-7-18;/h2,4-13,23-24H,1,3,14-15H2,(H,22,25);1H. The van der Waals surface area contributed by atoms with Crippen molar-refractivity contribution in [2.45, 2.75) is 25.9 Å². The lowest BCUT2D eigenvalue weighted by molar-refractivity contribution is 0.0950. The van der Waals surface area contributed by atoms with Crippen molar-refractivity contribution in [3.8, 4) is 0 Å². The van der Waals surface area contributed by atoms with Crippen molar-refractivity contribution in [3.05, 3.63) is 89.4 Å². The molecule has 5 heteroatoms. The van der Waals surface area contributed by atoms with Gasteiger partial charge in [-0.05, 0) is 48.7 Å². The van der Waals surface area contributed by atoms with E-state index in [9.17, 15) is 4.79 Å². The molecule has 3 rings (SSSR count). The van der Waals surface area contributed by atoms with E-state index >= 15 is 0 Å². The lowest BCUT2D eigenvalue weighted by atomic mass is 10.1. The quantitative estimate of drug-likeness (QED) is 0.680. The lowest BCUT2D eigenvalue weighted by Crippen LogP contribution is -2.30. The van der Waals surface area contributed by atoms with Crippen LogP contribution in [0.25, 0.3) is 0 Å². The topological polar surface area (TPSA) is 66.0 Å². The van der Waals surface area contributed by atoms with Gasteiger partial charge in [-0.1, -0.05) is 30.4 Å². The molecule has 0 radical (unpaired) electrons. The summed E-state index contributed by atoms with van der Waals surface area (Å²) in [4.78, 5) is 16.4. The summed E-state index contributed by atoms with van der Waals surface area (Å²) in [6.45, 7) is 1.11. The first kappa shape index (κ1) is 16.9. The van der Waals surface area contributed by atoms with Crippen molar-refractivity contribution >= 4 is 5.91 Å². The number of benzene rings is 1. The second-order valence-electron chi connectivity index (χ2n) is 5.82. The van der Waals surface area contributed by atoms with Crippen molar-refractivity contribution in [3.63, 3.8) is 0 Å². The van der Waals surface area contributed by atoms with Crippen molar-refractivity contribution in [2.24, 2.45) is 0 Å². The van der Waals surface area contributed by atoms with Crippen LogP contribution in [0.5, 0.6) is 0 Å². The highest BCUT2D eigenvalue weighted by Gasteiger charge is 2.05. The fourth-order valence-corrected chi connectivity index (χ4v) is 2.50. The number of carbonyl (C=O) groups excluding carboxylic acids is 1. The number of hydrazine groups is 1. The zero-order chi connectivity index (χ0) is 17.3. The molecule has 0 aliphatic heterocycles. The van der Waals surface area contributed by atoms with E-state index in [0.717, 1.165) is 29.8 Å². The molecule has 2 aromatic rings. The van der Waals surface area contributed by atoms with Crippen LogP contribution in [0.4, 0.5) is 0 Å². The summed E-state index contributed by atoms with van der Waals surface area (Å²) >= 11 is 0. The molecule has 3 N–H and O–H groups in total. The van der Waals surface area contributed by atoms with Gasteiger partial charge in [-0.25, -0.2) is 5.43 Å². The van der Waals surface area contributed by atoms with Gasteiger partial charge in [0.15, 0.2) is 0 Å². The van der Waals surface area contributed by atoms with Gasteiger partial charge in [0.2, 0.25) is 0 Å². The molecule has 1 aromatic carbocycles. The van der Waals surface area contributed by atoms with Gasteiger partial charge in [-0.2, -0.15) is 0 Å². The predicted octanol–water partition coefficient (Wildman–Crippen LogP) is 3.09. The van der Waals surface area contributed by atoms with E-state index in [-0.39, 0.29) is 7.33 Å². The predicted molar refractivity (Wildman–Crippen MR) is 100 cm³/mol. The molecule has 1 amide bonds. The smallest absolute Gasteiger partial charge is 0.251 e. The summed E-state index contributed by atoms with van der Waals surface area (Å²) in [6, 6.07) is 13.2. The molecule has 5 nitrogen and oxygen atoms in total. The van der Waals surface area contributed by atoms with Gasteiger partial charge in [-0.15, -0.1) is 0 Å². The Hall–Kier alpha value is -2.92. The van der Waals surface area contributed by atoms with E-state index in [0.29, 0.717) is 18.7 Å². The number of pyridine rings is 1. The summed E-state index contributed by atoms with van der Waals surface area (Å²) in [5.74, 6) is -0.0965. The summed E-state index contributed by atoms with van der Waals surface area (Å²) in [5, 5.41) is 2.88. The summed E-state index contributed by atoms with van der Waals surface area (Å²) in [7, 11) is 0. The molecule has 0 saturated carbocycles. The first-order chi connectivity index (χ1) is 12.3. The number of aromatic nitrogens is 1. The molecule has 0 saturated heterocycles. The number of amides is 1. The molecular weight excluding hydrogens is 312 g/mol. The largest absolute Gasteiger partial charge is 0.346 e. The maximum atomic E-state index is 12.2. The van der Waals surface area contributed by atoms with E-state index in [2.05, 4.69) is 39.4 Å². The Morgan fingerprint density at radius 3 is 2.68 bits per heavy atom. The number of nitrogens with zero attached hydrogens (tertiary/aromatic N) is 1. The monoisotopic (exact) mass is 336 g/mol. The van der Waals surface area contributed by atoms with Gasteiger partial charge < -0.3 is 10.7 Å². The van der Waals surface area contributed by atoms with Crippen molar-refractivity contribution in [1.82, 2.24) is 21.2 Å². The molecule has 0 spiro atoms. The average molecular weight is 336 g/mol. The Morgan fingerprint density at radius 1 is 1.08 bits per heavy atom. The van der Waals surface area contributed by atoms with Crippen LogP contribution in [0, 0.1) is 0 Å². The van der Waals surface area contributed by atoms with Crippen LogP contribution >= 0.6 is 0 Å². The molecule has 0 unspecified atom stereocenters. The maximum Gasteiger partial charge on any atom is 0.251 e. The summed E-state index contributed by atoms with van der Waals surface area (Å²) in [5.41, 5.74) is 10.1. The molecular formula is C20H24N4O. The molecule has 1 heterocycles. The number of nitrogens with one attached hydrogen (secondary N) is 3. The van der Waals surface area contributed by atoms with Gasteiger partial charge in [0.1, 0.15) is 0 Å². The minimum atomic E-state index is -0.0965. The molecule has 1 aliphatic rings. The fraction of sp³-hybridized carbons (Fsp3) is 0.200. The normalized spacial score (nSPS) is 13.2. The Morgan fingerprint density at radius 2 is 1.96 bits per heavy atom. The van der Waals surface area contributed by atoms with Crippen LogP contribution in [0.3, 0.4) is 0 Å². The summed E-state index contributed by atoms with van der Waals surface area (Å²) < 4.78 is 0. The van der Waals surface area contributed by atoms with E-state index in [1.165, 1.54) is 0 Å². The zero-order valence-corrected chi connectivity index (χ0v) is 14.0. The van der Waals surface area contributed by atoms with E-state index in [4.69, 9.17) is 0 Å². The molecule has 0 fully saturated rings. The van der Waals surface area contributed by atoms with Crippen molar-refractivity contribution in [1.29, 1.82) is 0 Å². The Balaban J connectivity index is 0.00000243. The SMILES string of the molecule is O=C(NCc1ccccn1)c1ccc(CNNC2=CCCC=C2)cc1.[HH]. The molecule has 0 atom stereocenters. The number of hydrogen-bond donors (Lipinski definition) is 3. The molecule has 0 bridgehead atoms. The number of carbonyl (C=O) groups is 1. The zero-order valence-electron chi connectivity index (χ0n) is 14.0. The van der Waals surface area contributed by atoms with Crippen LogP contribution in [-0.2, 0) is 13.1 Å². The first-order valence-electron chi connectivity index (χ1n) is 8.44. The van der Waals surface area contributed by atoms with Crippen LogP contribution in [-0.4, -0.2) is 10.9 Å². The second kappa shape index (κ2) is 8.80. The minimum absolute atomic E-state index is 0. The number of rotatable bonds is 7. The third kappa shape index (κ3) is 5.29. The van der Waals surface area contributed by atoms with Crippen LogP contribution < -0.4 is 16.2 Å². The first-order valence-corrected chi connectivity index (χ1v) is 8.44. The Kier molecular flexibility index (Phi) is 5.96. The lowest BCUT2D eigenvalue weighted by Gasteiger charge is -2.12. The second-order valence-corrected chi connectivity index (χ2v) is 5.82. The number of hydrogen-bond acceptors (Lipinski definition) is 4. The average Bonchev–Trinajstić information content (AvgIpc) is 2.68. The molecule has 25 heavy (non-hydrogen) atoms. The third-order valence-corrected chi connectivity index (χ3v) is 3.89. The maximum absolute atomic E-state index is 12.2. The van der Waals surface area contributed by atoms with Gasteiger partial charge in [0, 0.05) is 25.4 Å². The van der Waals surface area contributed by atoms with E-state index in [1.807, 2.05) is 42.5 Å². The van der Waals surface area contributed by atoms with Crippen LogP contribution in [0.15, 0.2) is 72.6 Å². The fourth-order valence-electron chi connectivity index (χ4n) is 2.50. The van der Waals surface area contributed by atoms with E-state index < -0.39 is 0 Å². The third-order valence-electron chi connectivity index (χ3n) is 3.89. The molecule has 130 valence electrons. The highest BCUT2D eigenvalue weighted by molar-refractivity contribution is 5.94. The Labute approximate surface area is 149 Å². The minimum Gasteiger partial charge on any atom is -0.346 e. The Bertz CT molecular complexity index is 757. The molecule has 1 aromatic heterocycles. The highest BCUT2D eigenvalue weighted by Crippen LogP contribution is 2.07. The van der Waals surface area contributed by atoms with Gasteiger partial charge in [0.25, 0.3) is 5.91 Å². The van der Waals surface area contributed by atoms with Gasteiger partial charge in [0.05, 0.1) is 12.2 Å². The number of allylic oxidation sites excluding steroid dienone is 3. The molecule has 1 aliphatic carbocycles. The van der Waals surface area contributed by atoms with E-state index in [1.54, 1.807) is 6.20 Å². The highest BCUT2D eigenvalue weighted by atomic mass is 16.1. The van der Waals surface area contributed by atoms with Crippen molar-refractivity contribution in [2.75, 3.05) is 0 Å². The summed E-state index contributed by atoms with van der Waals surface area (Å²) in [6.07, 6.45) is 10.3. The van der Waals surface area contributed by atoms with Crippen LogP contribution in [0.2, 0.25) is 0 Å². The van der Waals surface area contributed by atoms with Gasteiger partial charge in [-0.3, -0.25) is 9.78 Å².